The minimum atomic E-state index is -0.844. The monoisotopic (exact) mass is 311 g/mol. The van der Waals surface area contributed by atoms with Gasteiger partial charge in [0.15, 0.2) is 0 Å². The van der Waals surface area contributed by atoms with Crippen molar-refractivity contribution >= 4 is 18.0 Å². The summed E-state index contributed by atoms with van der Waals surface area (Å²) in [4.78, 5) is 36.2. The largest absolute Gasteiger partial charge is 0.461 e. The molecule has 0 bridgehead atoms. The minimum absolute atomic E-state index is 0.0841. The molecule has 1 heterocycles. The van der Waals surface area contributed by atoms with Crippen molar-refractivity contribution in [2.24, 2.45) is 0 Å². The van der Waals surface area contributed by atoms with Crippen LogP contribution in [0.15, 0.2) is 12.1 Å². The number of ether oxygens (including phenoxy) is 3. The second-order valence-electron chi connectivity index (χ2n) is 5.36. The number of aromatic nitrogens is 1. The highest BCUT2D eigenvalue weighted by molar-refractivity contribution is 5.98. The number of nitrogens with zero attached hydrogens (tertiary/aromatic N) is 1. The number of hydrogen-bond acceptors (Lipinski definition) is 6. The molecule has 0 aliphatic rings. The SMILES string of the molecule is CCOC(=O)c1ccc(C(=O)OCC)n1C(=O)OC(C)(C)C. The van der Waals surface area contributed by atoms with E-state index in [1.165, 1.54) is 12.1 Å². The lowest BCUT2D eigenvalue weighted by Gasteiger charge is -2.21. The van der Waals surface area contributed by atoms with E-state index in [2.05, 4.69) is 0 Å². The number of hydrogen-bond donors (Lipinski definition) is 0. The molecule has 7 heteroatoms. The third kappa shape index (κ3) is 4.34. The van der Waals surface area contributed by atoms with E-state index in [1.54, 1.807) is 34.6 Å². The van der Waals surface area contributed by atoms with Crippen LogP contribution in [0.1, 0.15) is 55.6 Å². The fraction of sp³-hybridized carbons (Fsp3) is 0.533. The summed E-state index contributed by atoms with van der Waals surface area (Å²) >= 11 is 0. The number of esters is 2. The van der Waals surface area contributed by atoms with E-state index in [0.717, 1.165) is 4.57 Å². The van der Waals surface area contributed by atoms with Crippen molar-refractivity contribution < 1.29 is 28.6 Å². The zero-order chi connectivity index (χ0) is 16.9. The molecule has 7 nitrogen and oxygen atoms in total. The van der Waals surface area contributed by atoms with E-state index in [9.17, 15) is 14.4 Å². The molecular formula is C15H21NO6. The third-order valence-electron chi connectivity index (χ3n) is 2.43. The molecule has 0 N–H and O–H groups in total. The molecule has 0 saturated carbocycles. The summed E-state index contributed by atoms with van der Waals surface area (Å²) < 4.78 is 15.9. The van der Waals surface area contributed by atoms with E-state index >= 15 is 0 Å². The van der Waals surface area contributed by atoms with Crippen LogP contribution in [0, 0.1) is 0 Å². The van der Waals surface area contributed by atoms with E-state index in [1.807, 2.05) is 0 Å². The first-order valence-corrected chi connectivity index (χ1v) is 7.00. The zero-order valence-corrected chi connectivity index (χ0v) is 13.5. The highest BCUT2D eigenvalue weighted by Crippen LogP contribution is 2.16. The van der Waals surface area contributed by atoms with E-state index in [0.29, 0.717) is 0 Å². The lowest BCUT2D eigenvalue weighted by Crippen LogP contribution is -2.31. The first-order chi connectivity index (χ1) is 10.2. The normalized spacial score (nSPS) is 11.0. The summed E-state index contributed by atoms with van der Waals surface area (Å²) in [5.74, 6) is -1.44. The minimum Gasteiger partial charge on any atom is -0.461 e. The molecule has 0 aliphatic carbocycles. The van der Waals surface area contributed by atoms with Crippen molar-refractivity contribution in [2.45, 2.75) is 40.2 Å². The number of rotatable bonds is 4. The summed E-state index contributed by atoms with van der Waals surface area (Å²) in [5, 5.41) is 0. The standard InChI is InChI=1S/C15H21NO6/c1-6-20-12(17)10-8-9-11(13(18)21-7-2)16(10)14(19)22-15(3,4)5/h8-9H,6-7H2,1-5H3. The predicted octanol–water partition coefficient (Wildman–Crippen LogP) is 2.62. The van der Waals surface area contributed by atoms with E-state index < -0.39 is 23.6 Å². The van der Waals surface area contributed by atoms with Crippen molar-refractivity contribution in [1.82, 2.24) is 4.57 Å². The van der Waals surface area contributed by atoms with Gasteiger partial charge in [-0.15, -0.1) is 0 Å². The first kappa shape index (κ1) is 17.7. The maximum Gasteiger partial charge on any atom is 0.419 e. The van der Waals surface area contributed by atoms with Crippen molar-refractivity contribution in [3.63, 3.8) is 0 Å². The van der Waals surface area contributed by atoms with Crippen molar-refractivity contribution in [1.29, 1.82) is 0 Å². The van der Waals surface area contributed by atoms with Gasteiger partial charge in [-0.2, -0.15) is 0 Å². The van der Waals surface area contributed by atoms with Crippen LogP contribution in [0.4, 0.5) is 4.79 Å². The lowest BCUT2D eigenvalue weighted by atomic mass is 10.2. The molecular weight excluding hydrogens is 290 g/mol. The van der Waals surface area contributed by atoms with Gasteiger partial charge in [0.25, 0.3) is 0 Å². The Labute approximate surface area is 129 Å². The van der Waals surface area contributed by atoms with Crippen LogP contribution in [0.3, 0.4) is 0 Å². The molecule has 1 rings (SSSR count). The van der Waals surface area contributed by atoms with Gasteiger partial charge in [0, 0.05) is 0 Å². The fourth-order valence-electron chi connectivity index (χ4n) is 1.67. The van der Waals surface area contributed by atoms with Gasteiger partial charge < -0.3 is 14.2 Å². The molecule has 1 aromatic rings. The zero-order valence-electron chi connectivity index (χ0n) is 13.5. The summed E-state index contributed by atoms with van der Waals surface area (Å²) in [6, 6.07) is 2.66. The lowest BCUT2D eigenvalue weighted by molar-refractivity contribution is 0.0413. The van der Waals surface area contributed by atoms with Crippen LogP contribution in [-0.4, -0.2) is 41.4 Å². The molecule has 0 amide bonds. The molecule has 0 unspecified atom stereocenters. The topological polar surface area (TPSA) is 83.8 Å². The Bertz CT molecular complexity index is 532. The van der Waals surface area contributed by atoms with E-state index in [4.69, 9.17) is 14.2 Å². The second-order valence-corrected chi connectivity index (χ2v) is 5.36. The highest BCUT2D eigenvalue weighted by atomic mass is 16.6. The van der Waals surface area contributed by atoms with Gasteiger partial charge >= 0.3 is 18.0 Å². The second kappa shape index (κ2) is 7.11. The third-order valence-corrected chi connectivity index (χ3v) is 2.43. The summed E-state index contributed by atoms with van der Waals surface area (Å²) in [7, 11) is 0. The van der Waals surface area contributed by atoms with Crippen LogP contribution in [0.25, 0.3) is 0 Å². The molecule has 0 aromatic carbocycles. The maximum absolute atomic E-state index is 12.3. The van der Waals surface area contributed by atoms with Gasteiger partial charge in [0.05, 0.1) is 13.2 Å². The van der Waals surface area contributed by atoms with Crippen LogP contribution < -0.4 is 0 Å². The molecule has 0 spiro atoms. The van der Waals surface area contributed by atoms with Gasteiger partial charge in [-0.05, 0) is 46.8 Å². The Morgan fingerprint density at radius 3 is 1.68 bits per heavy atom. The predicted molar refractivity (Wildman–Crippen MR) is 78.0 cm³/mol. The summed E-state index contributed by atoms with van der Waals surface area (Å²) in [6.45, 7) is 8.63. The Balaban J connectivity index is 3.28. The molecule has 0 atom stereocenters. The Morgan fingerprint density at radius 1 is 0.955 bits per heavy atom. The quantitative estimate of drug-likeness (QED) is 0.628. The first-order valence-electron chi connectivity index (χ1n) is 7.00. The summed E-state index contributed by atoms with van der Waals surface area (Å²) in [6.07, 6.45) is -0.844. The highest BCUT2D eigenvalue weighted by Gasteiger charge is 2.28. The number of carbonyl (C=O) groups excluding carboxylic acids is 3. The van der Waals surface area contributed by atoms with Crippen molar-refractivity contribution in [2.75, 3.05) is 13.2 Å². The van der Waals surface area contributed by atoms with Gasteiger partial charge in [0.1, 0.15) is 17.0 Å². The fourth-order valence-corrected chi connectivity index (χ4v) is 1.67. The van der Waals surface area contributed by atoms with Gasteiger partial charge in [0.2, 0.25) is 0 Å². The molecule has 0 fully saturated rings. The van der Waals surface area contributed by atoms with Gasteiger partial charge in [-0.1, -0.05) is 0 Å². The van der Waals surface area contributed by atoms with Gasteiger partial charge in [-0.3, -0.25) is 0 Å². The molecule has 0 saturated heterocycles. The van der Waals surface area contributed by atoms with Crippen molar-refractivity contribution in [3.05, 3.63) is 23.5 Å². The van der Waals surface area contributed by atoms with Crippen LogP contribution >= 0.6 is 0 Å². The molecule has 0 aliphatic heterocycles. The average Bonchev–Trinajstić information content (AvgIpc) is 2.82. The average molecular weight is 311 g/mol. The summed E-state index contributed by atoms with van der Waals surface area (Å²) in [5.41, 5.74) is -0.947. The molecule has 122 valence electrons. The molecule has 0 radical (unpaired) electrons. The van der Waals surface area contributed by atoms with Crippen LogP contribution in [0.5, 0.6) is 0 Å². The smallest absolute Gasteiger partial charge is 0.419 e. The Morgan fingerprint density at radius 2 is 1.36 bits per heavy atom. The van der Waals surface area contributed by atoms with E-state index in [-0.39, 0.29) is 24.6 Å². The Hall–Kier alpha value is -2.31. The van der Waals surface area contributed by atoms with Crippen LogP contribution in [0.2, 0.25) is 0 Å². The Kier molecular flexibility index (Phi) is 5.73. The maximum atomic E-state index is 12.3. The van der Waals surface area contributed by atoms with Gasteiger partial charge in [-0.25, -0.2) is 19.0 Å². The van der Waals surface area contributed by atoms with Crippen molar-refractivity contribution in [3.8, 4) is 0 Å². The molecule has 22 heavy (non-hydrogen) atoms. The number of carbonyl (C=O) groups is 3. The van der Waals surface area contributed by atoms with Crippen LogP contribution in [-0.2, 0) is 14.2 Å². The molecule has 1 aromatic heterocycles.